The second kappa shape index (κ2) is 7.57. The summed E-state index contributed by atoms with van der Waals surface area (Å²) in [5, 5.41) is 3.09. The summed E-state index contributed by atoms with van der Waals surface area (Å²) >= 11 is 5.76. The predicted octanol–water partition coefficient (Wildman–Crippen LogP) is 2.05. The van der Waals surface area contributed by atoms with E-state index in [9.17, 15) is 9.59 Å². The fourth-order valence-corrected chi connectivity index (χ4v) is 2.79. The van der Waals surface area contributed by atoms with Crippen LogP contribution >= 0.6 is 11.6 Å². The third-order valence-electron chi connectivity index (χ3n) is 3.94. The van der Waals surface area contributed by atoms with Crippen LogP contribution in [0.1, 0.15) is 27.1 Å². The molecule has 0 aliphatic carbocycles. The van der Waals surface area contributed by atoms with Gasteiger partial charge in [-0.25, -0.2) is 15.0 Å². The molecule has 1 aliphatic heterocycles. The lowest BCUT2D eigenvalue weighted by molar-refractivity contribution is 0.0183. The van der Waals surface area contributed by atoms with Crippen LogP contribution < -0.4 is 9.47 Å². The molecule has 0 saturated carbocycles. The summed E-state index contributed by atoms with van der Waals surface area (Å²) in [7, 11) is 2.90. The lowest BCUT2D eigenvalue weighted by atomic mass is 10.2. The first-order chi connectivity index (χ1) is 12.5. The summed E-state index contributed by atoms with van der Waals surface area (Å²) in [6.45, 7) is 0.847. The average molecular weight is 377 g/mol. The highest BCUT2D eigenvalue weighted by atomic mass is 35.5. The summed E-state index contributed by atoms with van der Waals surface area (Å²) in [5.41, 5.74) is 0.608. The maximum absolute atomic E-state index is 13.0. The molecular weight excluding hydrogens is 360 g/mol. The molecule has 1 fully saturated rings. The number of hydrogen-bond acceptors (Lipinski definition) is 6. The first-order valence-electron chi connectivity index (χ1n) is 7.89. The summed E-state index contributed by atoms with van der Waals surface area (Å²) in [6.07, 6.45) is 2.06. The number of pyridine rings is 2. The van der Waals surface area contributed by atoms with Gasteiger partial charge in [-0.1, -0.05) is 11.6 Å². The molecule has 0 spiro atoms. The molecule has 3 heterocycles. The van der Waals surface area contributed by atoms with Crippen molar-refractivity contribution in [3.8, 4) is 11.8 Å². The third-order valence-corrected chi connectivity index (χ3v) is 4.17. The van der Waals surface area contributed by atoms with E-state index in [-0.39, 0.29) is 23.3 Å². The van der Waals surface area contributed by atoms with E-state index < -0.39 is 0 Å². The number of hydrazine groups is 1. The highest BCUT2D eigenvalue weighted by Gasteiger charge is 2.33. The maximum atomic E-state index is 13.0. The smallest absolute Gasteiger partial charge is 0.277 e. The van der Waals surface area contributed by atoms with Crippen LogP contribution in [0.25, 0.3) is 0 Å². The quantitative estimate of drug-likeness (QED) is 0.759. The van der Waals surface area contributed by atoms with Crippen LogP contribution in [0, 0.1) is 0 Å². The minimum Gasteiger partial charge on any atom is -0.481 e. The Morgan fingerprint density at radius 3 is 2.38 bits per heavy atom. The molecule has 1 saturated heterocycles. The van der Waals surface area contributed by atoms with E-state index in [0.29, 0.717) is 36.1 Å². The van der Waals surface area contributed by atoms with Crippen molar-refractivity contribution in [2.45, 2.75) is 6.42 Å². The van der Waals surface area contributed by atoms with Crippen LogP contribution in [0.5, 0.6) is 11.8 Å². The zero-order valence-electron chi connectivity index (χ0n) is 14.3. The number of rotatable bonds is 4. The standard InChI is InChI=1S/C17H17ClN4O4/c1-25-14-7-5-12(15(20-14)26-2)17(24)22-9-3-8-21(22)16(23)11-4-6-13(18)19-10-11/h4-7,10H,3,8-9H2,1-2H3. The number of methoxy groups -OCH3 is 2. The Morgan fingerprint density at radius 1 is 1.04 bits per heavy atom. The van der Waals surface area contributed by atoms with E-state index in [0.717, 1.165) is 0 Å². The van der Waals surface area contributed by atoms with Crippen molar-refractivity contribution in [2.24, 2.45) is 0 Å². The molecule has 0 bridgehead atoms. The zero-order valence-corrected chi connectivity index (χ0v) is 15.1. The minimum atomic E-state index is -0.371. The molecule has 3 rings (SSSR count). The zero-order chi connectivity index (χ0) is 18.7. The minimum absolute atomic E-state index is 0.141. The molecule has 136 valence electrons. The Labute approximate surface area is 155 Å². The van der Waals surface area contributed by atoms with Gasteiger partial charge in [-0.15, -0.1) is 0 Å². The summed E-state index contributed by atoms with van der Waals surface area (Å²) < 4.78 is 10.2. The van der Waals surface area contributed by atoms with Crippen molar-refractivity contribution < 1.29 is 19.1 Å². The molecule has 0 aromatic carbocycles. The second-order valence-electron chi connectivity index (χ2n) is 5.49. The van der Waals surface area contributed by atoms with Gasteiger partial charge in [-0.05, 0) is 24.6 Å². The van der Waals surface area contributed by atoms with Crippen molar-refractivity contribution in [2.75, 3.05) is 27.3 Å². The number of aromatic nitrogens is 2. The van der Waals surface area contributed by atoms with Gasteiger partial charge in [-0.2, -0.15) is 4.98 Å². The fraction of sp³-hybridized carbons (Fsp3) is 0.294. The molecule has 2 amide bonds. The second-order valence-corrected chi connectivity index (χ2v) is 5.88. The number of ether oxygens (including phenoxy) is 2. The number of halogens is 1. The Bertz CT molecular complexity index is 828. The number of carbonyl (C=O) groups excluding carboxylic acids is 2. The topological polar surface area (TPSA) is 84.9 Å². The Balaban J connectivity index is 1.87. The predicted molar refractivity (Wildman–Crippen MR) is 93.3 cm³/mol. The number of hydrogen-bond donors (Lipinski definition) is 0. The van der Waals surface area contributed by atoms with Gasteiger partial charge in [0.05, 0.1) is 19.8 Å². The van der Waals surface area contributed by atoms with Crippen molar-refractivity contribution in [1.82, 2.24) is 20.0 Å². The normalized spacial score (nSPS) is 13.7. The van der Waals surface area contributed by atoms with Gasteiger partial charge >= 0.3 is 0 Å². The molecule has 1 aliphatic rings. The van der Waals surface area contributed by atoms with Crippen molar-refractivity contribution in [3.63, 3.8) is 0 Å². The molecule has 8 nitrogen and oxygen atoms in total. The molecule has 2 aromatic rings. The number of carbonyl (C=O) groups is 2. The maximum Gasteiger partial charge on any atom is 0.277 e. The van der Waals surface area contributed by atoms with E-state index in [1.54, 1.807) is 18.2 Å². The monoisotopic (exact) mass is 376 g/mol. The average Bonchev–Trinajstić information content (AvgIpc) is 3.16. The molecule has 2 aromatic heterocycles. The molecule has 0 unspecified atom stereocenters. The van der Waals surface area contributed by atoms with Gasteiger partial charge in [0.15, 0.2) is 0 Å². The van der Waals surface area contributed by atoms with Gasteiger partial charge in [0.2, 0.25) is 11.8 Å². The van der Waals surface area contributed by atoms with E-state index in [1.807, 2.05) is 0 Å². The largest absolute Gasteiger partial charge is 0.481 e. The van der Waals surface area contributed by atoms with E-state index >= 15 is 0 Å². The third kappa shape index (κ3) is 3.41. The van der Waals surface area contributed by atoms with Crippen LogP contribution in [0.15, 0.2) is 30.5 Å². The van der Waals surface area contributed by atoms with E-state index in [2.05, 4.69) is 9.97 Å². The van der Waals surface area contributed by atoms with Crippen molar-refractivity contribution in [1.29, 1.82) is 0 Å². The van der Waals surface area contributed by atoms with Gasteiger partial charge in [0, 0.05) is 25.4 Å². The first-order valence-corrected chi connectivity index (χ1v) is 8.27. The summed E-state index contributed by atoms with van der Waals surface area (Å²) in [4.78, 5) is 33.7. The number of amides is 2. The fourth-order valence-electron chi connectivity index (χ4n) is 2.68. The van der Waals surface area contributed by atoms with Crippen molar-refractivity contribution in [3.05, 3.63) is 46.7 Å². The Kier molecular flexibility index (Phi) is 5.22. The molecular formula is C17H17ClN4O4. The van der Waals surface area contributed by atoms with Crippen molar-refractivity contribution >= 4 is 23.4 Å². The van der Waals surface area contributed by atoms with Crippen LogP contribution in [-0.2, 0) is 0 Å². The molecule has 9 heteroatoms. The SMILES string of the molecule is COc1ccc(C(=O)N2CCCN2C(=O)c2ccc(Cl)nc2)c(OC)n1. The number of nitrogens with zero attached hydrogens (tertiary/aromatic N) is 4. The lowest BCUT2D eigenvalue weighted by Crippen LogP contribution is -2.45. The van der Waals surface area contributed by atoms with Gasteiger partial charge in [0.1, 0.15) is 10.7 Å². The highest BCUT2D eigenvalue weighted by Crippen LogP contribution is 2.24. The van der Waals surface area contributed by atoms with Gasteiger partial charge in [0.25, 0.3) is 11.8 Å². The van der Waals surface area contributed by atoms with E-state index in [4.69, 9.17) is 21.1 Å². The molecule has 0 N–H and O–H groups in total. The molecule has 0 atom stereocenters. The summed E-state index contributed by atoms with van der Waals surface area (Å²) in [6, 6.07) is 6.25. The first kappa shape index (κ1) is 17.9. The van der Waals surface area contributed by atoms with Gasteiger partial charge in [-0.3, -0.25) is 9.59 Å². The lowest BCUT2D eigenvalue weighted by Gasteiger charge is -2.28. The highest BCUT2D eigenvalue weighted by molar-refractivity contribution is 6.29. The van der Waals surface area contributed by atoms with Gasteiger partial charge < -0.3 is 9.47 Å². The van der Waals surface area contributed by atoms with Crippen LogP contribution in [0.3, 0.4) is 0 Å². The van der Waals surface area contributed by atoms with Crippen LogP contribution in [0.4, 0.5) is 0 Å². The molecule has 26 heavy (non-hydrogen) atoms. The Morgan fingerprint density at radius 2 is 1.77 bits per heavy atom. The van der Waals surface area contributed by atoms with E-state index in [1.165, 1.54) is 36.5 Å². The van der Waals surface area contributed by atoms with Crippen LogP contribution in [-0.4, -0.2) is 59.1 Å². The van der Waals surface area contributed by atoms with Crippen LogP contribution in [0.2, 0.25) is 5.15 Å². The Hall–Kier alpha value is -2.87. The summed E-state index contributed by atoms with van der Waals surface area (Å²) in [5.74, 6) is -0.216. The molecule has 0 radical (unpaired) electrons.